The Morgan fingerprint density at radius 3 is 2.46 bits per heavy atom. The first kappa shape index (κ1) is 17.4. The number of carbonyl (C=O) groups excluding carboxylic acids is 1. The Morgan fingerprint density at radius 1 is 1.12 bits per heavy atom. The molecule has 0 saturated carbocycles. The van der Waals surface area contributed by atoms with Gasteiger partial charge in [-0.3, -0.25) is 0 Å². The summed E-state index contributed by atoms with van der Waals surface area (Å²) in [5, 5.41) is 11.3. The molecular weight excluding hydrogens is 320 g/mol. The molecule has 24 heavy (non-hydrogen) atoms. The number of aliphatic carboxylic acids is 1. The number of amides is 1. The minimum atomic E-state index is -1.40. The van der Waals surface area contributed by atoms with Gasteiger partial charge in [0.15, 0.2) is 0 Å². The Bertz CT molecular complexity index is 722. The molecule has 126 valence electrons. The lowest BCUT2D eigenvalue weighted by Gasteiger charge is -2.15. The summed E-state index contributed by atoms with van der Waals surface area (Å²) in [5.41, 5.74) is 0.719. The maximum absolute atomic E-state index is 13.6. The molecule has 2 aromatic carbocycles. The van der Waals surface area contributed by atoms with Crippen molar-refractivity contribution in [3.8, 4) is 0 Å². The molecule has 0 saturated heterocycles. The van der Waals surface area contributed by atoms with Gasteiger partial charge in [-0.05, 0) is 17.2 Å². The molecule has 1 atom stereocenters. The minimum absolute atomic E-state index is 0.0211. The van der Waals surface area contributed by atoms with Gasteiger partial charge in [0, 0.05) is 12.5 Å². The van der Waals surface area contributed by atoms with Crippen LogP contribution in [0.15, 0.2) is 48.5 Å². The topological polar surface area (TPSA) is 75.6 Å². The number of hydrogen-bond donors (Lipinski definition) is 2. The van der Waals surface area contributed by atoms with E-state index in [0.29, 0.717) is 6.07 Å². The summed E-state index contributed by atoms with van der Waals surface area (Å²) in [6.45, 7) is -0.0239. The van der Waals surface area contributed by atoms with Crippen molar-refractivity contribution < 1.29 is 28.2 Å². The summed E-state index contributed by atoms with van der Waals surface area (Å²) in [5.74, 6) is -2.99. The number of carbonyl (C=O) groups is 2. The fraction of sp³-hybridized carbons (Fsp3) is 0.176. The maximum atomic E-state index is 13.6. The second kappa shape index (κ2) is 8.05. The van der Waals surface area contributed by atoms with Gasteiger partial charge in [0.2, 0.25) is 0 Å². The van der Waals surface area contributed by atoms with E-state index >= 15 is 0 Å². The highest BCUT2D eigenvalue weighted by molar-refractivity contribution is 5.80. The average molecular weight is 335 g/mol. The second-order valence-electron chi connectivity index (χ2n) is 5.04. The van der Waals surface area contributed by atoms with Gasteiger partial charge in [0.1, 0.15) is 24.3 Å². The van der Waals surface area contributed by atoms with Crippen molar-refractivity contribution in [2.45, 2.75) is 19.1 Å². The fourth-order valence-electron chi connectivity index (χ4n) is 2.01. The molecule has 0 bridgehead atoms. The number of carboxylic acid groups (broad SMARTS) is 1. The third-order valence-corrected chi connectivity index (χ3v) is 3.24. The molecule has 5 nitrogen and oxygen atoms in total. The van der Waals surface area contributed by atoms with Crippen LogP contribution < -0.4 is 5.32 Å². The quantitative estimate of drug-likeness (QED) is 0.851. The lowest BCUT2D eigenvalue weighted by Crippen LogP contribution is -2.42. The summed E-state index contributed by atoms with van der Waals surface area (Å²) in [4.78, 5) is 22.9. The van der Waals surface area contributed by atoms with Gasteiger partial charge in [-0.15, -0.1) is 0 Å². The first-order chi connectivity index (χ1) is 11.5. The third-order valence-electron chi connectivity index (χ3n) is 3.24. The average Bonchev–Trinajstić information content (AvgIpc) is 2.55. The molecule has 2 N–H and O–H groups in total. The summed E-state index contributed by atoms with van der Waals surface area (Å²) in [6, 6.07) is 10.3. The SMILES string of the molecule is O=C(N[C@H](Cc1ccc(F)cc1F)C(=O)O)OCc1ccccc1. The number of hydrogen-bond acceptors (Lipinski definition) is 3. The Balaban J connectivity index is 1.95. The van der Waals surface area contributed by atoms with Crippen LogP contribution in [0.2, 0.25) is 0 Å². The number of nitrogens with one attached hydrogen (secondary N) is 1. The Hall–Kier alpha value is -2.96. The molecule has 0 fully saturated rings. The van der Waals surface area contributed by atoms with E-state index in [1.165, 1.54) is 0 Å². The van der Waals surface area contributed by atoms with Gasteiger partial charge in [-0.2, -0.15) is 0 Å². The summed E-state index contributed by atoms with van der Waals surface area (Å²) >= 11 is 0. The monoisotopic (exact) mass is 335 g/mol. The predicted octanol–water partition coefficient (Wildman–Crippen LogP) is 2.89. The molecule has 1 amide bonds. The molecule has 0 aliphatic carbocycles. The van der Waals surface area contributed by atoms with Crippen LogP contribution in [0.4, 0.5) is 13.6 Å². The maximum Gasteiger partial charge on any atom is 0.408 e. The van der Waals surface area contributed by atoms with Gasteiger partial charge in [-0.1, -0.05) is 36.4 Å². The van der Waals surface area contributed by atoms with Crippen LogP contribution in [0.3, 0.4) is 0 Å². The van der Waals surface area contributed by atoms with Crippen LogP contribution >= 0.6 is 0 Å². The van der Waals surface area contributed by atoms with Crippen molar-refractivity contribution >= 4 is 12.1 Å². The zero-order chi connectivity index (χ0) is 17.5. The number of halogens is 2. The zero-order valence-electron chi connectivity index (χ0n) is 12.5. The van der Waals surface area contributed by atoms with Crippen LogP contribution in [0.1, 0.15) is 11.1 Å². The van der Waals surface area contributed by atoms with Crippen LogP contribution in [-0.2, 0) is 22.6 Å². The van der Waals surface area contributed by atoms with Crippen LogP contribution in [0.5, 0.6) is 0 Å². The normalized spacial score (nSPS) is 11.6. The van der Waals surface area contributed by atoms with E-state index in [4.69, 9.17) is 9.84 Å². The smallest absolute Gasteiger partial charge is 0.408 e. The van der Waals surface area contributed by atoms with Crippen molar-refractivity contribution in [3.05, 3.63) is 71.3 Å². The number of benzene rings is 2. The van der Waals surface area contributed by atoms with Crippen LogP contribution in [0.25, 0.3) is 0 Å². The summed E-state index contributed by atoms with van der Waals surface area (Å²) < 4.78 is 31.4. The molecule has 2 aromatic rings. The van der Waals surface area contributed by atoms with Crippen molar-refractivity contribution in [1.82, 2.24) is 5.32 Å². The lowest BCUT2D eigenvalue weighted by molar-refractivity contribution is -0.139. The second-order valence-corrected chi connectivity index (χ2v) is 5.04. The number of alkyl carbamates (subject to hydrolysis) is 1. The molecule has 0 aromatic heterocycles. The molecule has 0 spiro atoms. The van der Waals surface area contributed by atoms with E-state index in [1.54, 1.807) is 30.3 Å². The van der Waals surface area contributed by atoms with E-state index in [2.05, 4.69) is 5.32 Å². The largest absolute Gasteiger partial charge is 0.480 e. The van der Waals surface area contributed by atoms with Gasteiger partial charge in [0.25, 0.3) is 0 Å². The standard InChI is InChI=1S/C17H15F2NO4/c18-13-7-6-12(14(19)9-13)8-15(16(21)22)20-17(23)24-10-11-4-2-1-3-5-11/h1-7,9,15H,8,10H2,(H,20,23)(H,21,22)/t15-/m1/s1. The predicted molar refractivity (Wildman–Crippen MR) is 81.2 cm³/mol. The molecule has 0 radical (unpaired) electrons. The van der Waals surface area contributed by atoms with Crippen LogP contribution in [0, 0.1) is 11.6 Å². The van der Waals surface area contributed by atoms with E-state index in [0.717, 1.165) is 17.7 Å². The Kier molecular flexibility index (Phi) is 5.83. The molecular formula is C17H15F2NO4. The van der Waals surface area contributed by atoms with E-state index in [9.17, 15) is 18.4 Å². The van der Waals surface area contributed by atoms with Crippen LogP contribution in [-0.4, -0.2) is 23.2 Å². The molecule has 7 heteroatoms. The van der Waals surface area contributed by atoms with Gasteiger partial charge in [0.05, 0.1) is 0 Å². The number of ether oxygens (including phenoxy) is 1. The molecule has 0 aliphatic heterocycles. The first-order valence-electron chi connectivity index (χ1n) is 7.09. The minimum Gasteiger partial charge on any atom is -0.480 e. The molecule has 0 aliphatic rings. The lowest BCUT2D eigenvalue weighted by atomic mass is 10.1. The molecule has 0 heterocycles. The van der Waals surface area contributed by atoms with Gasteiger partial charge in [-0.25, -0.2) is 18.4 Å². The molecule has 0 unspecified atom stereocenters. The van der Waals surface area contributed by atoms with E-state index < -0.39 is 29.7 Å². The number of carboxylic acids is 1. The van der Waals surface area contributed by atoms with Crippen molar-refractivity contribution in [1.29, 1.82) is 0 Å². The third kappa shape index (κ3) is 5.05. The van der Waals surface area contributed by atoms with E-state index in [-0.39, 0.29) is 18.6 Å². The number of rotatable bonds is 6. The van der Waals surface area contributed by atoms with E-state index in [1.807, 2.05) is 0 Å². The highest BCUT2D eigenvalue weighted by atomic mass is 19.1. The van der Waals surface area contributed by atoms with Gasteiger partial charge >= 0.3 is 12.1 Å². The Labute approximate surface area is 136 Å². The Morgan fingerprint density at radius 2 is 1.83 bits per heavy atom. The van der Waals surface area contributed by atoms with Crippen molar-refractivity contribution in [3.63, 3.8) is 0 Å². The highest BCUT2D eigenvalue weighted by Crippen LogP contribution is 2.12. The van der Waals surface area contributed by atoms with Crippen molar-refractivity contribution in [2.24, 2.45) is 0 Å². The van der Waals surface area contributed by atoms with Gasteiger partial charge < -0.3 is 15.2 Å². The zero-order valence-corrected chi connectivity index (χ0v) is 12.5. The molecule has 2 rings (SSSR count). The summed E-state index contributed by atoms with van der Waals surface area (Å²) in [7, 11) is 0. The highest BCUT2D eigenvalue weighted by Gasteiger charge is 2.22. The van der Waals surface area contributed by atoms with Crippen molar-refractivity contribution in [2.75, 3.05) is 0 Å². The summed E-state index contributed by atoms with van der Waals surface area (Å²) in [6.07, 6.45) is -1.27. The fourth-order valence-corrected chi connectivity index (χ4v) is 2.01. The first-order valence-corrected chi connectivity index (χ1v) is 7.09.